The molecule has 2 amide bonds. The summed E-state index contributed by atoms with van der Waals surface area (Å²) in [6.07, 6.45) is 3.78. The van der Waals surface area contributed by atoms with Crippen molar-refractivity contribution in [1.29, 1.82) is 0 Å². The van der Waals surface area contributed by atoms with Crippen LogP contribution in [0.4, 0.5) is 5.69 Å². The summed E-state index contributed by atoms with van der Waals surface area (Å²) in [5.41, 5.74) is 1.42. The minimum absolute atomic E-state index is 0. The van der Waals surface area contributed by atoms with E-state index in [1.54, 1.807) is 12.1 Å². The van der Waals surface area contributed by atoms with Gasteiger partial charge in [-0.1, -0.05) is 0 Å². The van der Waals surface area contributed by atoms with Gasteiger partial charge in [-0.15, -0.1) is 22.6 Å². The lowest BCUT2D eigenvalue weighted by Crippen LogP contribution is -2.38. The number of fused-ring (bicyclic) bond motifs is 1. The van der Waals surface area contributed by atoms with Gasteiger partial charge in [0, 0.05) is 49.3 Å². The number of piperidine rings is 1. The van der Waals surface area contributed by atoms with Crippen molar-refractivity contribution in [2.24, 2.45) is 5.92 Å². The first-order valence-electron chi connectivity index (χ1n) is 10.5. The Morgan fingerprint density at radius 3 is 2.43 bits per heavy atom. The number of amides is 2. The summed E-state index contributed by atoms with van der Waals surface area (Å²) >= 11 is 0. The van der Waals surface area contributed by atoms with Crippen molar-refractivity contribution in [3.63, 3.8) is 0 Å². The molecule has 160 valence electrons. The molecule has 0 atom stereocenters. The Morgan fingerprint density at radius 2 is 1.73 bits per heavy atom. The van der Waals surface area contributed by atoms with Crippen LogP contribution in [-0.4, -0.2) is 51.1 Å². The number of likely N-dealkylation sites (tertiary alicyclic amines) is 1. The molecule has 2 N–H and O–H groups in total. The van der Waals surface area contributed by atoms with E-state index in [1.165, 1.54) is 0 Å². The van der Waals surface area contributed by atoms with Crippen LogP contribution in [0.3, 0.4) is 0 Å². The number of halogens is 1. The van der Waals surface area contributed by atoms with Gasteiger partial charge in [-0.3, -0.25) is 9.59 Å². The first-order chi connectivity index (χ1) is 14.2. The molecule has 0 radical (unpaired) electrons. The third-order valence-corrected chi connectivity index (χ3v) is 6.15. The van der Waals surface area contributed by atoms with Gasteiger partial charge in [0.25, 0.3) is 5.91 Å². The van der Waals surface area contributed by atoms with Crippen molar-refractivity contribution in [2.75, 3.05) is 25.0 Å². The Balaban J connectivity index is 0.00000218. The fourth-order valence-electron chi connectivity index (χ4n) is 4.23. The lowest BCUT2D eigenvalue weighted by atomic mass is 9.95. The maximum atomic E-state index is 12.9. The topological polar surface area (TPSA) is 92.2 Å². The zero-order chi connectivity index (χ0) is 19.8. The number of hydrogen-bond donors (Lipinski definition) is 2. The van der Waals surface area contributed by atoms with Gasteiger partial charge in [0.1, 0.15) is 11.6 Å². The van der Waals surface area contributed by atoms with Crippen LogP contribution in [0.2, 0.25) is 0 Å². The Morgan fingerprint density at radius 1 is 1.00 bits per heavy atom. The van der Waals surface area contributed by atoms with E-state index < -0.39 is 0 Å². The Labute approximate surface area is 181 Å². The van der Waals surface area contributed by atoms with Gasteiger partial charge >= 0.3 is 0 Å². The summed E-state index contributed by atoms with van der Waals surface area (Å²) in [4.78, 5) is 26.7. The highest BCUT2D eigenvalue weighted by molar-refractivity contribution is 5.96. The Hall–Kier alpha value is -2.45. The molecule has 5 rings (SSSR count). The third-order valence-electron chi connectivity index (χ3n) is 6.15. The molecule has 1 aromatic carbocycles. The number of nitrogens with one attached hydrogen (secondary N) is 2. The fourth-order valence-corrected chi connectivity index (χ4v) is 4.23. The van der Waals surface area contributed by atoms with E-state index in [4.69, 9.17) is 0 Å². The standard InChI is InChI=1S/C21H26N6O2.ClH/c28-20(15-1-2-15)23-17-5-3-16(4-6-17)21(29)26-10-7-14(8-11-26)19-25-24-18-13-22-9-12-27(18)19;/h3-6,14-15,22H,1-2,7-13H2,(H,23,28);1H. The van der Waals surface area contributed by atoms with Gasteiger partial charge < -0.3 is 20.1 Å². The predicted molar refractivity (Wildman–Crippen MR) is 115 cm³/mol. The second kappa shape index (κ2) is 8.73. The second-order valence-corrected chi connectivity index (χ2v) is 8.21. The average molecular weight is 431 g/mol. The maximum Gasteiger partial charge on any atom is 0.253 e. The van der Waals surface area contributed by atoms with Gasteiger partial charge in [-0.2, -0.15) is 0 Å². The van der Waals surface area contributed by atoms with Crippen LogP contribution in [0, 0.1) is 5.92 Å². The van der Waals surface area contributed by atoms with Crippen LogP contribution >= 0.6 is 12.4 Å². The zero-order valence-corrected chi connectivity index (χ0v) is 17.7. The van der Waals surface area contributed by atoms with Crippen molar-refractivity contribution in [2.45, 2.75) is 44.7 Å². The number of nitrogens with zero attached hydrogens (tertiary/aromatic N) is 4. The number of aromatic nitrogens is 3. The highest BCUT2D eigenvalue weighted by Gasteiger charge is 2.30. The molecule has 30 heavy (non-hydrogen) atoms. The van der Waals surface area contributed by atoms with Crippen LogP contribution in [0.25, 0.3) is 0 Å². The Kier molecular flexibility index (Phi) is 6.06. The molecule has 1 saturated heterocycles. The second-order valence-electron chi connectivity index (χ2n) is 8.21. The van der Waals surface area contributed by atoms with Crippen LogP contribution in [0.1, 0.15) is 53.6 Å². The molecule has 2 fully saturated rings. The molecule has 1 saturated carbocycles. The molecule has 0 unspecified atom stereocenters. The molecule has 1 aliphatic carbocycles. The molecule has 9 heteroatoms. The molecule has 0 spiro atoms. The largest absolute Gasteiger partial charge is 0.339 e. The lowest BCUT2D eigenvalue weighted by Gasteiger charge is -2.32. The minimum Gasteiger partial charge on any atom is -0.339 e. The average Bonchev–Trinajstić information content (AvgIpc) is 3.53. The molecular formula is C21H27ClN6O2. The number of benzene rings is 1. The van der Waals surface area contributed by atoms with Crippen molar-refractivity contribution < 1.29 is 9.59 Å². The summed E-state index contributed by atoms with van der Waals surface area (Å²) < 4.78 is 2.24. The summed E-state index contributed by atoms with van der Waals surface area (Å²) in [5.74, 6) is 2.75. The first kappa shape index (κ1) is 20.8. The molecular weight excluding hydrogens is 404 g/mol. The highest BCUT2D eigenvalue weighted by atomic mass is 35.5. The minimum atomic E-state index is 0. The van der Waals surface area contributed by atoms with E-state index in [0.29, 0.717) is 11.5 Å². The number of carbonyl (C=O) groups excluding carboxylic acids is 2. The number of carbonyl (C=O) groups is 2. The van der Waals surface area contributed by atoms with Crippen LogP contribution in [-0.2, 0) is 17.9 Å². The van der Waals surface area contributed by atoms with E-state index in [2.05, 4.69) is 25.4 Å². The molecule has 2 aliphatic heterocycles. The van der Waals surface area contributed by atoms with Crippen LogP contribution in [0.5, 0.6) is 0 Å². The van der Waals surface area contributed by atoms with Crippen molar-refractivity contribution in [1.82, 2.24) is 25.0 Å². The molecule has 0 bridgehead atoms. The van der Waals surface area contributed by atoms with E-state index in [1.807, 2.05) is 17.0 Å². The SMILES string of the molecule is Cl.O=C(Nc1ccc(C(=O)N2CCC(c3nnc4n3CCNC4)CC2)cc1)C1CC1. The first-order valence-corrected chi connectivity index (χ1v) is 10.5. The Bertz CT molecular complexity index is 916. The van der Waals surface area contributed by atoms with Gasteiger partial charge in [-0.05, 0) is 49.9 Å². The summed E-state index contributed by atoms with van der Waals surface area (Å²) in [6, 6.07) is 7.24. The van der Waals surface area contributed by atoms with Gasteiger partial charge in [0.05, 0.1) is 6.54 Å². The van der Waals surface area contributed by atoms with E-state index >= 15 is 0 Å². The van der Waals surface area contributed by atoms with Gasteiger partial charge in [-0.25, -0.2) is 0 Å². The molecule has 1 aromatic heterocycles. The summed E-state index contributed by atoms with van der Waals surface area (Å²) in [5, 5.41) is 15.0. The van der Waals surface area contributed by atoms with Gasteiger partial charge in [0.15, 0.2) is 0 Å². The molecule has 2 aromatic rings. The maximum absolute atomic E-state index is 12.9. The summed E-state index contributed by atoms with van der Waals surface area (Å²) in [6.45, 7) is 4.10. The van der Waals surface area contributed by atoms with Gasteiger partial charge in [0.2, 0.25) is 5.91 Å². The molecule has 3 heterocycles. The smallest absolute Gasteiger partial charge is 0.253 e. The normalized spacial score (nSPS) is 19.0. The fraction of sp³-hybridized carbons (Fsp3) is 0.524. The number of rotatable bonds is 4. The van der Waals surface area contributed by atoms with Crippen LogP contribution in [0.15, 0.2) is 24.3 Å². The number of hydrogen-bond acceptors (Lipinski definition) is 5. The van der Waals surface area contributed by atoms with Crippen molar-refractivity contribution >= 4 is 29.9 Å². The summed E-state index contributed by atoms with van der Waals surface area (Å²) in [7, 11) is 0. The van der Waals surface area contributed by atoms with Crippen molar-refractivity contribution in [3.05, 3.63) is 41.5 Å². The van der Waals surface area contributed by atoms with E-state index in [9.17, 15) is 9.59 Å². The van der Waals surface area contributed by atoms with Crippen LogP contribution < -0.4 is 10.6 Å². The zero-order valence-electron chi connectivity index (χ0n) is 16.8. The van der Waals surface area contributed by atoms with E-state index in [-0.39, 0.29) is 30.1 Å². The predicted octanol–water partition coefficient (Wildman–Crippen LogP) is 2.17. The quantitative estimate of drug-likeness (QED) is 0.775. The molecule has 3 aliphatic rings. The monoisotopic (exact) mass is 430 g/mol. The third kappa shape index (κ3) is 4.20. The lowest BCUT2D eigenvalue weighted by molar-refractivity contribution is -0.117. The van der Waals surface area contributed by atoms with Crippen molar-refractivity contribution in [3.8, 4) is 0 Å². The van der Waals surface area contributed by atoms with E-state index in [0.717, 1.165) is 75.7 Å². The highest BCUT2D eigenvalue weighted by Crippen LogP contribution is 2.31. The number of anilines is 1. The molecule has 8 nitrogen and oxygen atoms in total.